The SMILES string of the molecule is CC=Cc1ccccc1CCCCC. The van der Waals surface area contributed by atoms with E-state index in [1.807, 2.05) is 0 Å². The molecular formula is C14H20. The lowest BCUT2D eigenvalue weighted by molar-refractivity contribution is 0.717. The third-order valence-electron chi connectivity index (χ3n) is 2.45. The lowest BCUT2D eigenvalue weighted by atomic mass is 10.0. The highest BCUT2D eigenvalue weighted by molar-refractivity contribution is 5.53. The monoisotopic (exact) mass is 188 g/mol. The Labute approximate surface area is 87.7 Å². The molecule has 0 unspecified atom stereocenters. The van der Waals surface area contributed by atoms with Crippen molar-refractivity contribution in [1.82, 2.24) is 0 Å². The van der Waals surface area contributed by atoms with Crippen molar-refractivity contribution in [2.45, 2.75) is 39.5 Å². The largest absolute Gasteiger partial charge is 0.0871 e. The van der Waals surface area contributed by atoms with Crippen molar-refractivity contribution in [3.63, 3.8) is 0 Å². The van der Waals surface area contributed by atoms with E-state index in [0.29, 0.717) is 0 Å². The first kappa shape index (κ1) is 11.0. The molecule has 0 nitrogen and oxygen atoms in total. The van der Waals surface area contributed by atoms with Gasteiger partial charge >= 0.3 is 0 Å². The number of allylic oxidation sites excluding steroid dienone is 1. The van der Waals surface area contributed by atoms with Crippen molar-refractivity contribution in [3.8, 4) is 0 Å². The van der Waals surface area contributed by atoms with Crippen LogP contribution in [0.4, 0.5) is 0 Å². The van der Waals surface area contributed by atoms with Crippen molar-refractivity contribution in [2.24, 2.45) is 0 Å². The predicted molar refractivity (Wildman–Crippen MR) is 64.4 cm³/mol. The lowest BCUT2D eigenvalue weighted by Gasteiger charge is -2.04. The van der Waals surface area contributed by atoms with E-state index in [9.17, 15) is 0 Å². The molecule has 0 radical (unpaired) electrons. The van der Waals surface area contributed by atoms with E-state index in [1.165, 1.54) is 36.8 Å². The molecule has 0 heteroatoms. The minimum atomic E-state index is 1.22. The third kappa shape index (κ3) is 3.37. The van der Waals surface area contributed by atoms with Crippen molar-refractivity contribution in [3.05, 3.63) is 41.5 Å². The summed E-state index contributed by atoms with van der Waals surface area (Å²) in [5.74, 6) is 0. The molecule has 0 aromatic heterocycles. The summed E-state index contributed by atoms with van der Waals surface area (Å²) < 4.78 is 0. The summed E-state index contributed by atoms with van der Waals surface area (Å²) in [7, 11) is 0. The second kappa shape index (κ2) is 6.42. The predicted octanol–water partition coefficient (Wildman–Crippen LogP) is 4.45. The molecule has 0 N–H and O–H groups in total. The van der Waals surface area contributed by atoms with Crippen LogP contribution in [0.5, 0.6) is 0 Å². The number of hydrogen-bond acceptors (Lipinski definition) is 0. The first-order valence-corrected chi connectivity index (χ1v) is 5.59. The molecule has 1 rings (SSSR count). The van der Waals surface area contributed by atoms with Gasteiger partial charge in [-0.15, -0.1) is 0 Å². The fraction of sp³-hybridized carbons (Fsp3) is 0.429. The topological polar surface area (TPSA) is 0 Å². The average molecular weight is 188 g/mol. The quantitative estimate of drug-likeness (QED) is 0.599. The fourth-order valence-electron chi connectivity index (χ4n) is 1.67. The fourth-order valence-corrected chi connectivity index (χ4v) is 1.67. The van der Waals surface area contributed by atoms with Crippen molar-refractivity contribution >= 4 is 6.08 Å². The Morgan fingerprint density at radius 3 is 2.64 bits per heavy atom. The van der Waals surface area contributed by atoms with Crippen LogP contribution in [-0.4, -0.2) is 0 Å². The van der Waals surface area contributed by atoms with Gasteiger partial charge in [0.05, 0.1) is 0 Å². The summed E-state index contributed by atoms with van der Waals surface area (Å²) in [6, 6.07) is 8.68. The Bertz CT molecular complexity index is 284. The van der Waals surface area contributed by atoms with Gasteiger partial charge in [0.2, 0.25) is 0 Å². The second-order valence-corrected chi connectivity index (χ2v) is 3.66. The van der Waals surface area contributed by atoms with Crippen LogP contribution in [-0.2, 0) is 6.42 Å². The number of benzene rings is 1. The Morgan fingerprint density at radius 1 is 1.14 bits per heavy atom. The maximum Gasteiger partial charge on any atom is -0.0228 e. The first-order valence-electron chi connectivity index (χ1n) is 5.59. The van der Waals surface area contributed by atoms with Gasteiger partial charge in [0.15, 0.2) is 0 Å². The van der Waals surface area contributed by atoms with Crippen molar-refractivity contribution < 1.29 is 0 Å². The van der Waals surface area contributed by atoms with Crippen LogP contribution in [0.15, 0.2) is 30.3 Å². The van der Waals surface area contributed by atoms with E-state index in [4.69, 9.17) is 0 Å². The molecule has 0 saturated carbocycles. The van der Waals surface area contributed by atoms with Crippen molar-refractivity contribution in [1.29, 1.82) is 0 Å². The summed E-state index contributed by atoms with van der Waals surface area (Å²) in [6.45, 7) is 4.32. The highest BCUT2D eigenvalue weighted by Gasteiger charge is 1.97. The Kier molecular flexibility index (Phi) is 5.06. The van der Waals surface area contributed by atoms with Gasteiger partial charge < -0.3 is 0 Å². The van der Waals surface area contributed by atoms with E-state index in [-0.39, 0.29) is 0 Å². The van der Waals surface area contributed by atoms with Crippen LogP contribution in [0.2, 0.25) is 0 Å². The van der Waals surface area contributed by atoms with Gasteiger partial charge in [0.25, 0.3) is 0 Å². The minimum absolute atomic E-state index is 1.22. The summed E-state index contributed by atoms with van der Waals surface area (Å²) in [6.07, 6.45) is 9.47. The maximum absolute atomic E-state index is 2.25. The molecule has 0 aliphatic rings. The maximum atomic E-state index is 2.25. The summed E-state index contributed by atoms with van der Waals surface area (Å²) in [5, 5.41) is 0. The molecule has 0 spiro atoms. The van der Waals surface area contributed by atoms with Crippen LogP contribution in [0.25, 0.3) is 6.08 Å². The van der Waals surface area contributed by atoms with Crippen LogP contribution in [0, 0.1) is 0 Å². The van der Waals surface area contributed by atoms with Gasteiger partial charge in [-0.25, -0.2) is 0 Å². The van der Waals surface area contributed by atoms with Crippen LogP contribution in [0.1, 0.15) is 44.2 Å². The average Bonchev–Trinajstić information content (AvgIpc) is 2.21. The zero-order valence-corrected chi connectivity index (χ0v) is 9.29. The molecule has 14 heavy (non-hydrogen) atoms. The van der Waals surface area contributed by atoms with Gasteiger partial charge in [-0.05, 0) is 30.9 Å². The van der Waals surface area contributed by atoms with Crippen LogP contribution in [0.3, 0.4) is 0 Å². The third-order valence-corrected chi connectivity index (χ3v) is 2.45. The molecule has 0 saturated heterocycles. The normalized spacial score (nSPS) is 11.0. The van der Waals surface area contributed by atoms with E-state index < -0.39 is 0 Å². The molecule has 1 aromatic rings. The van der Waals surface area contributed by atoms with E-state index in [0.717, 1.165) is 0 Å². The zero-order chi connectivity index (χ0) is 10.2. The molecule has 0 fully saturated rings. The molecular weight excluding hydrogens is 168 g/mol. The van der Waals surface area contributed by atoms with Gasteiger partial charge in [-0.1, -0.05) is 56.2 Å². The van der Waals surface area contributed by atoms with E-state index in [2.05, 4.69) is 50.3 Å². The Hall–Kier alpha value is -1.04. The summed E-state index contributed by atoms with van der Waals surface area (Å²) >= 11 is 0. The number of aryl methyl sites for hydroxylation is 1. The highest BCUT2D eigenvalue weighted by atomic mass is 14.0. The van der Waals surface area contributed by atoms with Gasteiger partial charge in [0, 0.05) is 0 Å². The summed E-state index contributed by atoms with van der Waals surface area (Å²) in [4.78, 5) is 0. The highest BCUT2D eigenvalue weighted by Crippen LogP contribution is 2.14. The van der Waals surface area contributed by atoms with Gasteiger partial charge in [-0.3, -0.25) is 0 Å². The molecule has 0 amide bonds. The van der Waals surface area contributed by atoms with E-state index >= 15 is 0 Å². The number of hydrogen-bond donors (Lipinski definition) is 0. The second-order valence-electron chi connectivity index (χ2n) is 3.66. The van der Waals surface area contributed by atoms with Crippen LogP contribution < -0.4 is 0 Å². The Balaban J connectivity index is 2.64. The minimum Gasteiger partial charge on any atom is -0.0871 e. The van der Waals surface area contributed by atoms with Crippen molar-refractivity contribution in [2.75, 3.05) is 0 Å². The Morgan fingerprint density at radius 2 is 1.93 bits per heavy atom. The molecule has 0 aliphatic heterocycles. The number of rotatable bonds is 5. The smallest absolute Gasteiger partial charge is 0.0228 e. The molecule has 0 atom stereocenters. The molecule has 0 heterocycles. The molecule has 1 aromatic carbocycles. The van der Waals surface area contributed by atoms with Gasteiger partial charge in [0.1, 0.15) is 0 Å². The number of unbranched alkanes of at least 4 members (excludes halogenated alkanes) is 2. The van der Waals surface area contributed by atoms with Crippen LogP contribution >= 0.6 is 0 Å². The molecule has 76 valence electrons. The zero-order valence-electron chi connectivity index (χ0n) is 9.29. The molecule has 0 bridgehead atoms. The lowest BCUT2D eigenvalue weighted by Crippen LogP contribution is -1.89. The van der Waals surface area contributed by atoms with E-state index in [1.54, 1.807) is 0 Å². The summed E-state index contributed by atoms with van der Waals surface area (Å²) in [5.41, 5.74) is 2.87. The standard InChI is InChI=1S/C14H20/c1-3-5-6-10-14-12-8-7-11-13(14)9-4-2/h4,7-9,11-12H,3,5-6,10H2,1-2H3. The first-order chi connectivity index (χ1) is 6.88. The molecule has 0 aliphatic carbocycles. The van der Waals surface area contributed by atoms with Gasteiger partial charge in [-0.2, -0.15) is 0 Å².